The van der Waals surface area contributed by atoms with Crippen LogP contribution in [-0.2, 0) is 4.79 Å². The zero-order valence-electron chi connectivity index (χ0n) is 14.3. The number of nitrogens with one attached hydrogen (secondary N) is 1. The van der Waals surface area contributed by atoms with E-state index in [-0.39, 0.29) is 18.6 Å². The molecule has 0 aliphatic heterocycles. The Morgan fingerprint density at radius 3 is 2.30 bits per heavy atom. The lowest BCUT2D eigenvalue weighted by molar-refractivity contribution is -0.123. The molecule has 122 valence electrons. The summed E-state index contributed by atoms with van der Waals surface area (Å²) >= 11 is 0. The van der Waals surface area contributed by atoms with E-state index in [1.807, 2.05) is 31.2 Å². The summed E-state index contributed by atoms with van der Waals surface area (Å²) < 4.78 is 5.54. The summed E-state index contributed by atoms with van der Waals surface area (Å²) in [6.45, 7) is 8.29. The molecule has 23 heavy (non-hydrogen) atoms. The van der Waals surface area contributed by atoms with E-state index in [1.54, 1.807) is 0 Å². The van der Waals surface area contributed by atoms with Crippen molar-refractivity contribution in [2.24, 2.45) is 0 Å². The molecule has 0 aromatic heterocycles. The van der Waals surface area contributed by atoms with Gasteiger partial charge in [-0.05, 0) is 50.5 Å². The van der Waals surface area contributed by atoms with Gasteiger partial charge in [0, 0.05) is 0 Å². The number of aryl methyl sites for hydroxylation is 3. The molecular weight excluding hydrogens is 286 g/mol. The van der Waals surface area contributed by atoms with E-state index in [9.17, 15) is 4.79 Å². The fourth-order valence-corrected chi connectivity index (χ4v) is 2.64. The molecule has 1 atom stereocenters. The van der Waals surface area contributed by atoms with Gasteiger partial charge in [-0.1, -0.05) is 48.4 Å². The minimum absolute atomic E-state index is 0.0183. The number of ether oxygens (including phenoxy) is 1. The fourth-order valence-electron chi connectivity index (χ4n) is 2.64. The second-order valence-corrected chi connectivity index (χ2v) is 5.99. The predicted molar refractivity (Wildman–Crippen MR) is 93.8 cm³/mol. The van der Waals surface area contributed by atoms with Crippen LogP contribution in [-0.4, -0.2) is 12.5 Å². The molecule has 2 aromatic carbocycles. The van der Waals surface area contributed by atoms with E-state index in [4.69, 9.17) is 4.74 Å². The van der Waals surface area contributed by atoms with E-state index >= 15 is 0 Å². The maximum Gasteiger partial charge on any atom is 0.258 e. The van der Waals surface area contributed by atoms with Crippen LogP contribution in [0.3, 0.4) is 0 Å². The van der Waals surface area contributed by atoms with Gasteiger partial charge in [-0.3, -0.25) is 4.79 Å². The molecule has 2 rings (SSSR count). The van der Waals surface area contributed by atoms with Gasteiger partial charge in [0.15, 0.2) is 6.61 Å². The van der Waals surface area contributed by atoms with Gasteiger partial charge in [0.1, 0.15) is 5.75 Å². The lowest BCUT2D eigenvalue weighted by Gasteiger charge is -2.20. The number of carbonyl (C=O) groups is 1. The van der Waals surface area contributed by atoms with Gasteiger partial charge < -0.3 is 10.1 Å². The molecule has 0 heterocycles. The molecule has 0 saturated heterocycles. The molecule has 0 unspecified atom stereocenters. The first-order valence-electron chi connectivity index (χ1n) is 8.05. The molecular formula is C20H25NO2. The highest BCUT2D eigenvalue weighted by Crippen LogP contribution is 2.21. The van der Waals surface area contributed by atoms with E-state index in [2.05, 4.69) is 44.3 Å². The van der Waals surface area contributed by atoms with Crippen molar-refractivity contribution in [3.05, 3.63) is 64.7 Å². The molecule has 0 saturated carbocycles. The Labute approximate surface area is 138 Å². The monoisotopic (exact) mass is 311 g/mol. The largest absolute Gasteiger partial charge is 0.484 e. The van der Waals surface area contributed by atoms with Crippen LogP contribution in [0.1, 0.15) is 41.6 Å². The smallest absolute Gasteiger partial charge is 0.258 e. The molecule has 3 heteroatoms. The molecule has 0 radical (unpaired) electrons. The second kappa shape index (κ2) is 7.82. The number of carbonyl (C=O) groups excluding carboxylic acids is 1. The van der Waals surface area contributed by atoms with Gasteiger partial charge in [0.05, 0.1) is 6.04 Å². The Kier molecular flexibility index (Phi) is 5.80. The lowest BCUT2D eigenvalue weighted by Crippen LogP contribution is -2.32. The number of rotatable bonds is 6. The highest BCUT2D eigenvalue weighted by atomic mass is 16.5. The van der Waals surface area contributed by atoms with Crippen LogP contribution in [0.4, 0.5) is 0 Å². The highest BCUT2D eigenvalue weighted by molar-refractivity contribution is 5.78. The number of hydrogen-bond donors (Lipinski definition) is 1. The van der Waals surface area contributed by atoms with Crippen LogP contribution in [0.25, 0.3) is 0 Å². The van der Waals surface area contributed by atoms with Crippen molar-refractivity contribution in [1.82, 2.24) is 5.32 Å². The highest BCUT2D eigenvalue weighted by Gasteiger charge is 2.15. The lowest BCUT2D eigenvalue weighted by atomic mass is 9.97. The summed E-state index contributed by atoms with van der Waals surface area (Å²) in [5, 5.41) is 3.06. The summed E-state index contributed by atoms with van der Waals surface area (Å²) in [4.78, 5) is 12.2. The topological polar surface area (TPSA) is 38.3 Å². The second-order valence-electron chi connectivity index (χ2n) is 5.99. The number of benzene rings is 2. The first-order chi connectivity index (χ1) is 11.0. The maximum atomic E-state index is 12.2. The summed E-state index contributed by atoms with van der Waals surface area (Å²) in [5.41, 5.74) is 4.77. The third kappa shape index (κ3) is 4.85. The molecule has 3 nitrogen and oxygen atoms in total. The number of hydrogen-bond acceptors (Lipinski definition) is 2. The minimum Gasteiger partial charge on any atom is -0.484 e. The molecule has 1 N–H and O–H groups in total. The van der Waals surface area contributed by atoms with Gasteiger partial charge in [-0.15, -0.1) is 0 Å². The maximum absolute atomic E-state index is 12.2. The quantitative estimate of drug-likeness (QED) is 0.865. The predicted octanol–water partition coefficient (Wildman–Crippen LogP) is 4.26. The first-order valence-corrected chi connectivity index (χ1v) is 8.05. The molecule has 0 bridgehead atoms. The molecule has 0 aliphatic rings. The Balaban J connectivity index is 1.95. The van der Waals surface area contributed by atoms with Crippen LogP contribution in [0.15, 0.2) is 42.5 Å². The third-order valence-corrected chi connectivity index (χ3v) is 3.94. The minimum atomic E-state index is -0.0996. The summed E-state index contributed by atoms with van der Waals surface area (Å²) in [7, 11) is 0. The van der Waals surface area contributed by atoms with Crippen molar-refractivity contribution in [1.29, 1.82) is 0 Å². The van der Waals surface area contributed by atoms with Crippen molar-refractivity contribution in [2.45, 2.75) is 40.2 Å². The van der Waals surface area contributed by atoms with Crippen LogP contribution < -0.4 is 10.1 Å². The zero-order chi connectivity index (χ0) is 16.8. The van der Waals surface area contributed by atoms with Gasteiger partial charge in [-0.2, -0.15) is 0 Å². The molecule has 0 aliphatic carbocycles. The molecule has 2 aromatic rings. The first kappa shape index (κ1) is 17.1. The van der Waals surface area contributed by atoms with Crippen molar-refractivity contribution >= 4 is 5.91 Å². The van der Waals surface area contributed by atoms with Gasteiger partial charge in [0.25, 0.3) is 5.91 Å². The average Bonchev–Trinajstić information content (AvgIpc) is 2.52. The van der Waals surface area contributed by atoms with Crippen molar-refractivity contribution in [2.75, 3.05) is 6.61 Å². The van der Waals surface area contributed by atoms with Crippen molar-refractivity contribution in [3.8, 4) is 5.75 Å². The van der Waals surface area contributed by atoms with Crippen molar-refractivity contribution < 1.29 is 9.53 Å². The Hall–Kier alpha value is -2.29. The summed E-state index contributed by atoms with van der Waals surface area (Å²) in [5.74, 6) is 0.614. The summed E-state index contributed by atoms with van der Waals surface area (Å²) in [6.07, 6.45) is 0.847. The van der Waals surface area contributed by atoms with E-state index in [0.29, 0.717) is 5.75 Å². The zero-order valence-corrected chi connectivity index (χ0v) is 14.3. The summed E-state index contributed by atoms with van der Waals surface area (Å²) in [6, 6.07) is 14.0. The van der Waals surface area contributed by atoms with Gasteiger partial charge in [0.2, 0.25) is 0 Å². The van der Waals surface area contributed by atoms with Gasteiger partial charge >= 0.3 is 0 Å². The van der Waals surface area contributed by atoms with E-state index in [0.717, 1.165) is 6.42 Å². The van der Waals surface area contributed by atoms with E-state index < -0.39 is 0 Å². The SMILES string of the molecule is CC[C@@H](NC(=O)COc1ccc(C)cc1)c1ccc(C)cc1C. The molecule has 0 fully saturated rings. The average molecular weight is 311 g/mol. The normalized spacial score (nSPS) is 11.8. The Bertz CT molecular complexity index is 662. The van der Waals surface area contributed by atoms with Crippen molar-refractivity contribution in [3.63, 3.8) is 0 Å². The van der Waals surface area contributed by atoms with Crippen LogP contribution in [0.2, 0.25) is 0 Å². The Morgan fingerprint density at radius 2 is 1.70 bits per heavy atom. The standard InChI is InChI=1S/C20H25NO2/c1-5-19(18-11-8-15(3)12-16(18)4)21-20(22)13-23-17-9-6-14(2)7-10-17/h6-12,19H,5,13H2,1-4H3,(H,21,22)/t19-/m1/s1. The van der Waals surface area contributed by atoms with Crippen LogP contribution in [0.5, 0.6) is 5.75 Å². The van der Waals surface area contributed by atoms with Crippen LogP contribution in [0, 0.1) is 20.8 Å². The van der Waals surface area contributed by atoms with Crippen LogP contribution >= 0.6 is 0 Å². The van der Waals surface area contributed by atoms with Gasteiger partial charge in [-0.25, -0.2) is 0 Å². The Morgan fingerprint density at radius 1 is 1.04 bits per heavy atom. The van der Waals surface area contributed by atoms with E-state index in [1.165, 1.54) is 22.3 Å². The molecule has 1 amide bonds. The number of amides is 1. The fraction of sp³-hybridized carbons (Fsp3) is 0.350. The third-order valence-electron chi connectivity index (χ3n) is 3.94. The molecule has 0 spiro atoms.